The van der Waals surface area contributed by atoms with E-state index < -0.39 is 36.6 Å². The first-order chi connectivity index (χ1) is 9.51. The quantitative estimate of drug-likeness (QED) is 0.839. The van der Waals surface area contributed by atoms with Crippen molar-refractivity contribution in [2.75, 3.05) is 47.3 Å². The molecule has 122 valence electrons. The molecular formula is C12H20F3N3O3. The van der Waals surface area contributed by atoms with Gasteiger partial charge in [-0.25, -0.2) is 4.79 Å². The summed E-state index contributed by atoms with van der Waals surface area (Å²) in [5, 5.41) is 8.94. The maximum absolute atomic E-state index is 13.0. The minimum Gasteiger partial charge on any atom is -0.481 e. The lowest BCUT2D eigenvalue weighted by atomic mass is 9.86. The normalized spacial score (nSPS) is 22.7. The van der Waals surface area contributed by atoms with Crippen molar-refractivity contribution in [3.05, 3.63) is 0 Å². The molecule has 0 bridgehead atoms. The summed E-state index contributed by atoms with van der Waals surface area (Å²) in [5.74, 6) is -1.93. The van der Waals surface area contributed by atoms with Crippen molar-refractivity contribution >= 4 is 12.0 Å². The molecule has 1 saturated heterocycles. The molecule has 1 heterocycles. The van der Waals surface area contributed by atoms with Crippen molar-refractivity contribution in [2.45, 2.75) is 12.6 Å². The summed E-state index contributed by atoms with van der Waals surface area (Å²) in [7, 11) is 5.11. The van der Waals surface area contributed by atoms with Crippen LogP contribution in [-0.4, -0.2) is 85.3 Å². The van der Waals surface area contributed by atoms with E-state index in [-0.39, 0.29) is 6.54 Å². The highest BCUT2D eigenvalue weighted by Gasteiger charge is 2.64. The van der Waals surface area contributed by atoms with E-state index in [1.54, 1.807) is 0 Å². The number of aliphatic carboxylic acids is 1. The molecule has 1 aliphatic heterocycles. The maximum Gasteiger partial charge on any atom is 0.406 e. The molecule has 2 amide bonds. The number of carboxylic acid groups (broad SMARTS) is 1. The monoisotopic (exact) mass is 311 g/mol. The van der Waals surface area contributed by atoms with E-state index in [1.807, 2.05) is 19.0 Å². The number of alkyl halides is 3. The molecule has 0 saturated carbocycles. The molecule has 1 atom stereocenters. The van der Waals surface area contributed by atoms with Crippen LogP contribution in [-0.2, 0) is 4.79 Å². The zero-order valence-corrected chi connectivity index (χ0v) is 12.3. The zero-order valence-electron chi connectivity index (χ0n) is 12.3. The average Bonchev–Trinajstić information content (AvgIpc) is 2.80. The van der Waals surface area contributed by atoms with Gasteiger partial charge in [0.05, 0.1) is 0 Å². The van der Waals surface area contributed by atoms with Gasteiger partial charge in [-0.15, -0.1) is 0 Å². The van der Waals surface area contributed by atoms with Crippen LogP contribution >= 0.6 is 0 Å². The molecule has 21 heavy (non-hydrogen) atoms. The Morgan fingerprint density at radius 1 is 1.24 bits per heavy atom. The summed E-state index contributed by atoms with van der Waals surface area (Å²) in [6.45, 7) is -0.123. The highest BCUT2D eigenvalue weighted by atomic mass is 19.4. The average molecular weight is 311 g/mol. The lowest BCUT2D eigenvalue weighted by Gasteiger charge is -2.29. The molecule has 0 aromatic heterocycles. The Hall–Kier alpha value is -1.51. The van der Waals surface area contributed by atoms with Crippen LogP contribution in [0.5, 0.6) is 0 Å². The fourth-order valence-electron chi connectivity index (χ4n) is 2.19. The van der Waals surface area contributed by atoms with Crippen LogP contribution in [0.1, 0.15) is 6.42 Å². The molecule has 1 aliphatic rings. The van der Waals surface area contributed by atoms with Crippen LogP contribution in [0.15, 0.2) is 0 Å². The van der Waals surface area contributed by atoms with Crippen LogP contribution < -0.4 is 0 Å². The lowest BCUT2D eigenvalue weighted by molar-refractivity contribution is -0.227. The number of carbonyl (C=O) groups excluding carboxylic acids is 1. The van der Waals surface area contributed by atoms with Crippen LogP contribution in [0, 0.1) is 5.41 Å². The van der Waals surface area contributed by atoms with E-state index >= 15 is 0 Å². The predicted octanol–water partition coefficient (Wildman–Crippen LogP) is 0.939. The number of likely N-dealkylation sites (N-methyl/N-ethyl adjacent to an activating group) is 2. The number of halogens is 3. The number of hydrogen-bond acceptors (Lipinski definition) is 3. The third-order valence-corrected chi connectivity index (χ3v) is 3.70. The second-order valence-corrected chi connectivity index (χ2v) is 5.56. The number of rotatable bonds is 4. The molecule has 0 spiro atoms. The smallest absolute Gasteiger partial charge is 0.406 e. The van der Waals surface area contributed by atoms with Crippen molar-refractivity contribution in [3.63, 3.8) is 0 Å². The van der Waals surface area contributed by atoms with Gasteiger partial charge in [-0.3, -0.25) is 4.79 Å². The highest BCUT2D eigenvalue weighted by molar-refractivity contribution is 5.80. The van der Waals surface area contributed by atoms with E-state index in [2.05, 4.69) is 0 Å². The third kappa shape index (κ3) is 3.58. The Morgan fingerprint density at radius 3 is 2.19 bits per heavy atom. The minimum absolute atomic E-state index is 0.211. The van der Waals surface area contributed by atoms with E-state index in [9.17, 15) is 22.8 Å². The van der Waals surface area contributed by atoms with E-state index in [1.165, 1.54) is 11.9 Å². The number of nitrogens with zero attached hydrogens (tertiary/aromatic N) is 3. The summed E-state index contributed by atoms with van der Waals surface area (Å²) in [5.41, 5.74) is -2.86. The van der Waals surface area contributed by atoms with Crippen molar-refractivity contribution < 1.29 is 27.9 Å². The molecule has 0 aromatic rings. The molecule has 1 unspecified atom stereocenters. The van der Waals surface area contributed by atoms with Crippen molar-refractivity contribution in [1.29, 1.82) is 0 Å². The number of likely N-dealkylation sites (tertiary alicyclic amines) is 1. The number of hydrogen-bond donors (Lipinski definition) is 1. The third-order valence-electron chi connectivity index (χ3n) is 3.70. The topological polar surface area (TPSA) is 64.1 Å². The van der Waals surface area contributed by atoms with E-state index in [0.29, 0.717) is 13.1 Å². The molecule has 6 nitrogen and oxygen atoms in total. The minimum atomic E-state index is -4.88. The summed E-state index contributed by atoms with van der Waals surface area (Å²) in [4.78, 5) is 27.2. The molecule has 0 aliphatic carbocycles. The molecule has 1 fully saturated rings. The Balaban J connectivity index is 2.76. The second kappa shape index (κ2) is 6.08. The first-order valence-electron chi connectivity index (χ1n) is 6.46. The summed E-state index contributed by atoms with van der Waals surface area (Å²) < 4.78 is 39.1. The summed E-state index contributed by atoms with van der Waals surface area (Å²) >= 11 is 0. The maximum atomic E-state index is 13.0. The molecule has 1 rings (SSSR count). The van der Waals surface area contributed by atoms with Gasteiger partial charge in [0.2, 0.25) is 0 Å². The Labute approximate surface area is 121 Å². The standard InChI is InChI=1S/C12H20F3N3O3/c1-16(2)6-7-17(3)10(21)18-5-4-11(8-18,9(19)20)12(13,14)15/h4-8H2,1-3H3,(H,19,20). The molecule has 0 aromatic carbocycles. The highest BCUT2D eigenvalue weighted by Crippen LogP contribution is 2.45. The van der Waals surface area contributed by atoms with Gasteiger partial charge in [0.15, 0.2) is 5.41 Å². The summed E-state index contributed by atoms with van der Waals surface area (Å²) in [6, 6.07) is -0.579. The SMILES string of the molecule is CN(C)CCN(C)C(=O)N1CCC(C(=O)O)(C(F)(F)F)C1. The molecule has 1 N–H and O–H groups in total. The van der Waals surface area contributed by atoms with Gasteiger partial charge in [0.1, 0.15) is 0 Å². The number of carbonyl (C=O) groups is 2. The van der Waals surface area contributed by atoms with Crippen LogP contribution in [0.3, 0.4) is 0 Å². The fraction of sp³-hybridized carbons (Fsp3) is 0.833. The van der Waals surface area contributed by atoms with E-state index in [4.69, 9.17) is 5.11 Å². The number of urea groups is 1. The van der Waals surface area contributed by atoms with Gasteiger partial charge in [-0.1, -0.05) is 0 Å². The van der Waals surface area contributed by atoms with Crippen molar-refractivity contribution in [2.24, 2.45) is 5.41 Å². The largest absolute Gasteiger partial charge is 0.481 e. The van der Waals surface area contributed by atoms with Crippen molar-refractivity contribution in [1.82, 2.24) is 14.7 Å². The van der Waals surface area contributed by atoms with Gasteiger partial charge in [0.25, 0.3) is 0 Å². The first kappa shape index (κ1) is 17.5. The van der Waals surface area contributed by atoms with Gasteiger partial charge < -0.3 is 19.8 Å². The van der Waals surface area contributed by atoms with Crippen LogP contribution in [0.4, 0.5) is 18.0 Å². The lowest BCUT2D eigenvalue weighted by Crippen LogP contribution is -2.49. The van der Waals surface area contributed by atoms with Gasteiger partial charge in [0, 0.05) is 33.2 Å². The van der Waals surface area contributed by atoms with Crippen molar-refractivity contribution in [3.8, 4) is 0 Å². The number of amides is 2. The Kier molecular flexibility index (Phi) is 5.08. The second-order valence-electron chi connectivity index (χ2n) is 5.56. The fourth-order valence-corrected chi connectivity index (χ4v) is 2.19. The van der Waals surface area contributed by atoms with E-state index in [0.717, 1.165) is 4.90 Å². The first-order valence-corrected chi connectivity index (χ1v) is 6.46. The van der Waals surface area contributed by atoms with Gasteiger partial charge >= 0.3 is 18.2 Å². The van der Waals surface area contributed by atoms with Gasteiger partial charge in [-0.2, -0.15) is 13.2 Å². The zero-order chi connectivity index (χ0) is 16.4. The summed E-state index contributed by atoms with van der Waals surface area (Å²) in [6.07, 6.45) is -5.49. The molecule has 9 heteroatoms. The van der Waals surface area contributed by atoms with Crippen LogP contribution in [0.25, 0.3) is 0 Å². The Morgan fingerprint density at radius 2 is 1.81 bits per heavy atom. The Bertz CT molecular complexity index is 414. The molecular weight excluding hydrogens is 291 g/mol. The predicted molar refractivity (Wildman–Crippen MR) is 68.9 cm³/mol. The number of carboxylic acids is 1. The molecule has 0 radical (unpaired) electrons. The van der Waals surface area contributed by atoms with Crippen LogP contribution in [0.2, 0.25) is 0 Å². The van der Waals surface area contributed by atoms with Gasteiger partial charge in [-0.05, 0) is 20.5 Å².